The van der Waals surface area contributed by atoms with E-state index in [0.717, 1.165) is 0 Å². The predicted octanol–water partition coefficient (Wildman–Crippen LogP) is 1.26. The molecule has 0 aromatic heterocycles. The Morgan fingerprint density at radius 2 is 1.80 bits per heavy atom. The molecular weight excluding hydrogens is 272 g/mol. The maximum atomic E-state index is 13.2. The van der Waals surface area contributed by atoms with Gasteiger partial charge in [-0.25, -0.2) is 13.6 Å². The van der Waals surface area contributed by atoms with Crippen LogP contribution >= 0.6 is 0 Å². The molecule has 7 heteroatoms. The number of nitrogens with zero attached hydrogens (tertiary/aromatic N) is 1. The van der Waals surface area contributed by atoms with Gasteiger partial charge in [-0.2, -0.15) is 0 Å². The van der Waals surface area contributed by atoms with Gasteiger partial charge in [0, 0.05) is 13.1 Å². The zero-order chi connectivity index (χ0) is 15.1. The highest BCUT2D eigenvalue weighted by molar-refractivity contribution is 6.04. The average Bonchev–Trinajstić information content (AvgIpc) is 2.71. The first-order valence-electron chi connectivity index (χ1n) is 5.95. The second-order valence-corrected chi connectivity index (χ2v) is 5.09. The van der Waals surface area contributed by atoms with Crippen LogP contribution in [0.1, 0.15) is 34.1 Å². The van der Waals surface area contributed by atoms with Crippen molar-refractivity contribution in [3.63, 3.8) is 0 Å². The van der Waals surface area contributed by atoms with E-state index in [9.17, 15) is 23.5 Å². The molecular formula is C13H13F2NO4. The molecule has 0 spiro atoms. The van der Waals surface area contributed by atoms with Crippen molar-refractivity contribution in [3.8, 4) is 0 Å². The number of hydrogen-bond acceptors (Lipinski definition) is 3. The molecule has 1 fully saturated rings. The molecule has 1 atom stereocenters. The summed E-state index contributed by atoms with van der Waals surface area (Å²) in [5.74, 6) is -4.87. The van der Waals surface area contributed by atoms with Crippen LogP contribution in [0.2, 0.25) is 0 Å². The van der Waals surface area contributed by atoms with Crippen LogP contribution in [0, 0.1) is 11.6 Å². The van der Waals surface area contributed by atoms with Gasteiger partial charge in [0.2, 0.25) is 0 Å². The topological polar surface area (TPSA) is 77.8 Å². The Hall–Kier alpha value is -2.02. The van der Waals surface area contributed by atoms with E-state index >= 15 is 0 Å². The van der Waals surface area contributed by atoms with Gasteiger partial charge in [-0.3, -0.25) is 4.79 Å². The molecule has 1 aliphatic rings. The van der Waals surface area contributed by atoms with Crippen LogP contribution in [0.5, 0.6) is 0 Å². The van der Waals surface area contributed by atoms with E-state index in [1.807, 2.05) is 0 Å². The molecule has 2 N–H and O–H groups in total. The van der Waals surface area contributed by atoms with Crippen molar-refractivity contribution < 1.29 is 28.6 Å². The molecule has 0 aliphatic carbocycles. The average molecular weight is 285 g/mol. The fourth-order valence-electron chi connectivity index (χ4n) is 2.19. The number of β-amino-alcohol motifs (C(OH)–C–C–N with tert-alkyl or cyclic N) is 1. The van der Waals surface area contributed by atoms with E-state index in [1.54, 1.807) is 6.92 Å². The maximum Gasteiger partial charge on any atom is 0.336 e. The van der Waals surface area contributed by atoms with E-state index in [1.165, 1.54) is 4.90 Å². The number of amides is 1. The Morgan fingerprint density at radius 3 is 2.25 bits per heavy atom. The number of carbonyl (C=O) groups excluding carboxylic acids is 1. The lowest BCUT2D eigenvalue weighted by Gasteiger charge is -2.20. The molecule has 0 radical (unpaired) electrons. The third-order valence-electron chi connectivity index (χ3n) is 3.26. The maximum absolute atomic E-state index is 13.2. The minimum Gasteiger partial charge on any atom is -0.478 e. The molecule has 1 aliphatic heterocycles. The van der Waals surface area contributed by atoms with Crippen LogP contribution in [0.15, 0.2) is 12.1 Å². The summed E-state index contributed by atoms with van der Waals surface area (Å²) in [5.41, 5.74) is -2.08. The van der Waals surface area contributed by atoms with Gasteiger partial charge < -0.3 is 15.1 Å². The second kappa shape index (κ2) is 4.82. The third-order valence-corrected chi connectivity index (χ3v) is 3.26. The van der Waals surface area contributed by atoms with E-state index in [4.69, 9.17) is 5.11 Å². The molecule has 1 aromatic carbocycles. The Kier molecular flexibility index (Phi) is 3.47. The zero-order valence-electron chi connectivity index (χ0n) is 10.7. The summed E-state index contributed by atoms with van der Waals surface area (Å²) in [6, 6.07) is 1.06. The summed E-state index contributed by atoms with van der Waals surface area (Å²) in [6.45, 7) is 1.79. The van der Waals surface area contributed by atoms with Gasteiger partial charge in [0.15, 0.2) is 11.6 Å². The standard InChI is InChI=1S/C13H13F2NO4/c1-13(20)2-3-16(6-13)11(17)7-4-9(14)10(15)5-8(7)12(18)19/h4-5,20H,2-3,6H2,1H3,(H,18,19). The fourth-order valence-corrected chi connectivity index (χ4v) is 2.19. The molecule has 5 nitrogen and oxygen atoms in total. The lowest BCUT2D eigenvalue weighted by molar-refractivity contribution is 0.0566. The van der Waals surface area contributed by atoms with Crippen molar-refractivity contribution in [1.82, 2.24) is 4.90 Å². The first kappa shape index (κ1) is 14.4. The Balaban J connectivity index is 2.39. The van der Waals surface area contributed by atoms with Gasteiger partial charge in [-0.05, 0) is 25.5 Å². The molecule has 1 heterocycles. The van der Waals surface area contributed by atoms with Crippen LogP contribution in [0.25, 0.3) is 0 Å². The number of carboxylic acid groups (broad SMARTS) is 1. The van der Waals surface area contributed by atoms with Gasteiger partial charge in [0.05, 0.1) is 16.7 Å². The van der Waals surface area contributed by atoms with Crippen molar-refractivity contribution in [2.24, 2.45) is 0 Å². The minimum atomic E-state index is -1.52. The van der Waals surface area contributed by atoms with Crippen LogP contribution < -0.4 is 0 Å². The molecule has 1 amide bonds. The van der Waals surface area contributed by atoms with Crippen molar-refractivity contribution in [2.45, 2.75) is 18.9 Å². The van der Waals surface area contributed by atoms with Crippen LogP contribution in [-0.2, 0) is 0 Å². The monoisotopic (exact) mass is 285 g/mol. The highest BCUT2D eigenvalue weighted by Gasteiger charge is 2.35. The highest BCUT2D eigenvalue weighted by atomic mass is 19.2. The summed E-state index contributed by atoms with van der Waals surface area (Å²) in [5, 5.41) is 18.8. The number of benzene rings is 1. The first-order chi connectivity index (χ1) is 9.21. The number of likely N-dealkylation sites (tertiary alicyclic amines) is 1. The largest absolute Gasteiger partial charge is 0.478 e. The van der Waals surface area contributed by atoms with E-state index in [2.05, 4.69) is 0 Å². The molecule has 2 rings (SSSR count). The van der Waals surface area contributed by atoms with Crippen molar-refractivity contribution in [3.05, 3.63) is 34.9 Å². The lowest BCUT2D eigenvalue weighted by atomic mass is 10.1. The molecule has 108 valence electrons. The minimum absolute atomic E-state index is 0.0177. The van der Waals surface area contributed by atoms with E-state index in [0.29, 0.717) is 18.6 Å². The molecule has 1 aromatic rings. The van der Waals surface area contributed by atoms with Crippen LogP contribution in [-0.4, -0.2) is 45.7 Å². The van der Waals surface area contributed by atoms with Gasteiger partial charge in [0.1, 0.15) is 0 Å². The summed E-state index contributed by atoms with van der Waals surface area (Å²) in [6.07, 6.45) is 0.338. The normalized spacial score (nSPS) is 22.1. The van der Waals surface area contributed by atoms with Crippen molar-refractivity contribution in [1.29, 1.82) is 0 Å². The number of aromatic carboxylic acids is 1. The Morgan fingerprint density at radius 1 is 1.25 bits per heavy atom. The molecule has 1 unspecified atom stereocenters. The van der Waals surface area contributed by atoms with Crippen LogP contribution in [0.4, 0.5) is 8.78 Å². The lowest BCUT2D eigenvalue weighted by Crippen LogP contribution is -2.34. The summed E-state index contributed by atoms with van der Waals surface area (Å²) in [7, 11) is 0. The predicted molar refractivity (Wildman–Crippen MR) is 64.5 cm³/mol. The SMILES string of the molecule is CC1(O)CCN(C(=O)c2cc(F)c(F)cc2C(=O)O)C1. The molecule has 1 saturated heterocycles. The number of carbonyl (C=O) groups is 2. The van der Waals surface area contributed by atoms with Gasteiger partial charge in [0.25, 0.3) is 5.91 Å². The third kappa shape index (κ3) is 2.62. The van der Waals surface area contributed by atoms with Crippen LogP contribution in [0.3, 0.4) is 0 Å². The highest BCUT2D eigenvalue weighted by Crippen LogP contribution is 2.24. The molecule has 20 heavy (non-hydrogen) atoms. The number of rotatable bonds is 2. The quantitative estimate of drug-likeness (QED) is 0.857. The first-order valence-corrected chi connectivity index (χ1v) is 5.95. The van der Waals surface area contributed by atoms with Gasteiger partial charge >= 0.3 is 5.97 Å². The van der Waals surface area contributed by atoms with Crippen molar-refractivity contribution >= 4 is 11.9 Å². The van der Waals surface area contributed by atoms with Gasteiger partial charge in [-0.15, -0.1) is 0 Å². The molecule has 0 bridgehead atoms. The fraction of sp³-hybridized carbons (Fsp3) is 0.385. The van der Waals surface area contributed by atoms with Gasteiger partial charge in [-0.1, -0.05) is 0 Å². The number of carboxylic acids is 1. The van der Waals surface area contributed by atoms with Crippen molar-refractivity contribution in [2.75, 3.05) is 13.1 Å². The number of hydrogen-bond donors (Lipinski definition) is 2. The smallest absolute Gasteiger partial charge is 0.336 e. The summed E-state index contributed by atoms with van der Waals surface area (Å²) >= 11 is 0. The number of aliphatic hydroxyl groups is 1. The summed E-state index contributed by atoms with van der Waals surface area (Å²) in [4.78, 5) is 24.4. The van der Waals surface area contributed by atoms with E-state index in [-0.39, 0.29) is 13.1 Å². The second-order valence-electron chi connectivity index (χ2n) is 5.09. The summed E-state index contributed by atoms with van der Waals surface area (Å²) < 4.78 is 26.3. The van der Waals surface area contributed by atoms with E-state index < -0.39 is 40.2 Å². The molecule has 0 saturated carbocycles. The zero-order valence-corrected chi connectivity index (χ0v) is 10.7. The number of halogens is 2. The Labute approximate surface area is 113 Å². The Bertz CT molecular complexity index is 586.